The quantitative estimate of drug-likeness (QED) is 0.511. The van der Waals surface area contributed by atoms with Gasteiger partial charge in [0, 0.05) is 11.3 Å². The largest absolute Gasteiger partial charge is 0.360 e. The van der Waals surface area contributed by atoms with Gasteiger partial charge in [0.2, 0.25) is 11.0 Å². The number of thioether (sulfide) groups is 1. The Kier molecular flexibility index (Phi) is 4.81. The molecule has 8 heteroatoms. The van der Waals surface area contributed by atoms with Gasteiger partial charge in [-0.15, -0.1) is 0 Å². The second kappa shape index (κ2) is 6.38. The van der Waals surface area contributed by atoms with Gasteiger partial charge in [-0.05, 0) is 18.6 Å². The molecule has 1 saturated carbocycles. The van der Waals surface area contributed by atoms with Gasteiger partial charge in [0.15, 0.2) is 0 Å². The van der Waals surface area contributed by atoms with E-state index in [-0.39, 0.29) is 22.7 Å². The van der Waals surface area contributed by atoms with Gasteiger partial charge in [-0.1, -0.05) is 24.9 Å². The third kappa shape index (κ3) is 3.27. The van der Waals surface area contributed by atoms with E-state index in [2.05, 4.69) is 22.2 Å². The Hall–Kier alpha value is -1.08. The fraction of sp³-hybridized carbons (Fsp3) is 0.636. The van der Waals surface area contributed by atoms with Crippen molar-refractivity contribution in [3.8, 4) is 0 Å². The first-order chi connectivity index (χ1) is 9.13. The van der Waals surface area contributed by atoms with Crippen LogP contribution in [0.3, 0.4) is 0 Å². The Morgan fingerprint density at radius 3 is 3.05 bits per heavy atom. The van der Waals surface area contributed by atoms with E-state index >= 15 is 0 Å². The molecule has 1 fully saturated rings. The average Bonchev–Trinajstić information content (AvgIpc) is 2.77. The first-order valence-electron chi connectivity index (χ1n) is 6.16. The Bertz CT molecular complexity index is 474. The predicted octanol–water partition coefficient (Wildman–Crippen LogP) is 3.12. The molecular weight excluding hydrogens is 288 g/mol. The van der Waals surface area contributed by atoms with Crippen molar-refractivity contribution in [2.24, 2.45) is 0 Å². The molecule has 19 heavy (non-hydrogen) atoms. The van der Waals surface area contributed by atoms with Crippen LogP contribution in [0.2, 0.25) is 5.15 Å². The van der Waals surface area contributed by atoms with Crippen LogP contribution in [0.15, 0.2) is 6.33 Å². The van der Waals surface area contributed by atoms with Crippen LogP contribution in [0, 0.1) is 10.1 Å². The topological polar surface area (TPSA) is 81.0 Å². The molecule has 1 aliphatic carbocycles. The molecular formula is C11H15ClN4O2S. The van der Waals surface area contributed by atoms with Crippen LogP contribution in [0.25, 0.3) is 0 Å². The second-order valence-electron chi connectivity index (χ2n) is 4.29. The highest BCUT2D eigenvalue weighted by atomic mass is 35.5. The monoisotopic (exact) mass is 302 g/mol. The summed E-state index contributed by atoms with van der Waals surface area (Å²) in [6.07, 6.45) is 4.50. The normalized spacial score (nSPS) is 22.4. The minimum Gasteiger partial charge on any atom is -0.360 e. The van der Waals surface area contributed by atoms with E-state index in [1.165, 1.54) is 6.33 Å². The van der Waals surface area contributed by atoms with Gasteiger partial charge in [-0.25, -0.2) is 9.97 Å². The summed E-state index contributed by atoms with van der Waals surface area (Å²) < 4.78 is 0. The lowest BCUT2D eigenvalue weighted by Gasteiger charge is -2.20. The standard InChI is InChI=1S/C11H15ClN4O2S/c1-2-19-8-5-3-4-7(8)15-11-9(16(17)18)10(12)13-6-14-11/h6-8H,2-5H2,1H3,(H,13,14,15). The Morgan fingerprint density at radius 2 is 2.37 bits per heavy atom. The number of nitro groups is 1. The molecule has 104 valence electrons. The lowest BCUT2D eigenvalue weighted by molar-refractivity contribution is -0.384. The zero-order chi connectivity index (χ0) is 13.8. The second-order valence-corrected chi connectivity index (χ2v) is 6.17. The first-order valence-corrected chi connectivity index (χ1v) is 7.59. The molecule has 0 radical (unpaired) electrons. The van der Waals surface area contributed by atoms with Crippen molar-refractivity contribution in [1.82, 2.24) is 9.97 Å². The Morgan fingerprint density at radius 1 is 1.58 bits per heavy atom. The number of hydrogen-bond acceptors (Lipinski definition) is 6. The number of aromatic nitrogens is 2. The molecule has 0 saturated heterocycles. The van der Waals surface area contributed by atoms with Crippen molar-refractivity contribution >= 4 is 34.9 Å². The molecule has 2 atom stereocenters. The maximum absolute atomic E-state index is 11.0. The zero-order valence-corrected chi connectivity index (χ0v) is 12.1. The highest BCUT2D eigenvalue weighted by Gasteiger charge is 2.30. The third-order valence-corrected chi connectivity index (χ3v) is 4.72. The van der Waals surface area contributed by atoms with Crippen LogP contribution >= 0.6 is 23.4 Å². The van der Waals surface area contributed by atoms with E-state index < -0.39 is 4.92 Å². The summed E-state index contributed by atoms with van der Waals surface area (Å²) in [4.78, 5) is 18.1. The smallest absolute Gasteiger partial charge is 0.348 e. The zero-order valence-electron chi connectivity index (χ0n) is 10.5. The van der Waals surface area contributed by atoms with Crippen molar-refractivity contribution in [3.05, 3.63) is 21.6 Å². The molecule has 1 aromatic rings. The molecule has 0 spiro atoms. The highest BCUT2D eigenvalue weighted by Crippen LogP contribution is 2.35. The predicted molar refractivity (Wildman–Crippen MR) is 76.9 cm³/mol. The number of nitrogens with zero attached hydrogens (tertiary/aromatic N) is 3. The minimum atomic E-state index is -0.540. The Balaban J connectivity index is 2.19. The lowest BCUT2D eigenvalue weighted by Crippen LogP contribution is -2.27. The van der Waals surface area contributed by atoms with Crippen LogP contribution in [-0.2, 0) is 0 Å². The molecule has 1 N–H and O–H groups in total. The molecule has 1 aromatic heterocycles. The van der Waals surface area contributed by atoms with E-state index in [1.807, 2.05) is 11.8 Å². The van der Waals surface area contributed by atoms with Crippen LogP contribution in [0.4, 0.5) is 11.5 Å². The minimum absolute atomic E-state index is 0.125. The van der Waals surface area contributed by atoms with Gasteiger partial charge >= 0.3 is 5.69 Å². The number of nitrogens with one attached hydrogen (secondary N) is 1. The van der Waals surface area contributed by atoms with Crippen molar-refractivity contribution < 1.29 is 4.92 Å². The van der Waals surface area contributed by atoms with Gasteiger partial charge in [-0.3, -0.25) is 10.1 Å². The molecule has 2 unspecified atom stereocenters. The summed E-state index contributed by atoms with van der Waals surface area (Å²) in [7, 11) is 0. The van der Waals surface area contributed by atoms with Crippen molar-refractivity contribution in [1.29, 1.82) is 0 Å². The molecule has 6 nitrogen and oxygen atoms in total. The molecule has 0 aromatic carbocycles. The van der Waals surface area contributed by atoms with Crippen molar-refractivity contribution in [2.75, 3.05) is 11.1 Å². The molecule has 2 rings (SSSR count). The molecule has 0 aliphatic heterocycles. The molecule has 0 bridgehead atoms. The SMILES string of the molecule is CCSC1CCCC1Nc1ncnc(Cl)c1[N+](=O)[O-]. The summed E-state index contributed by atoms with van der Waals surface area (Å²) in [6.45, 7) is 2.12. The van der Waals surface area contributed by atoms with E-state index in [1.54, 1.807) is 0 Å². The first kappa shape index (κ1) is 14.3. The number of anilines is 1. The summed E-state index contributed by atoms with van der Waals surface area (Å²) in [5, 5.41) is 14.5. The van der Waals surface area contributed by atoms with Gasteiger partial charge in [0.1, 0.15) is 6.33 Å². The van der Waals surface area contributed by atoms with Gasteiger partial charge in [-0.2, -0.15) is 11.8 Å². The van der Waals surface area contributed by atoms with Gasteiger partial charge < -0.3 is 5.32 Å². The number of halogens is 1. The fourth-order valence-electron chi connectivity index (χ4n) is 2.31. The number of rotatable bonds is 5. The van der Waals surface area contributed by atoms with E-state index in [4.69, 9.17) is 11.6 Å². The van der Waals surface area contributed by atoms with Crippen LogP contribution in [-0.4, -0.2) is 31.9 Å². The van der Waals surface area contributed by atoms with Gasteiger partial charge in [0.25, 0.3) is 0 Å². The molecule has 1 heterocycles. The fourth-order valence-corrected chi connectivity index (χ4v) is 3.71. The highest BCUT2D eigenvalue weighted by molar-refractivity contribution is 7.99. The van der Waals surface area contributed by atoms with Crippen LogP contribution in [0.5, 0.6) is 0 Å². The van der Waals surface area contributed by atoms with Crippen LogP contribution in [0.1, 0.15) is 26.2 Å². The molecule has 1 aliphatic rings. The molecule has 0 amide bonds. The van der Waals surface area contributed by atoms with Crippen molar-refractivity contribution in [2.45, 2.75) is 37.5 Å². The lowest BCUT2D eigenvalue weighted by atomic mass is 10.2. The van der Waals surface area contributed by atoms with E-state index in [0.29, 0.717) is 5.25 Å². The average molecular weight is 303 g/mol. The van der Waals surface area contributed by atoms with E-state index in [0.717, 1.165) is 25.0 Å². The third-order valence-electron chi connectivity index (χ3n) is 3.12. The summed E-state index contributed by atoms with van der Waals surface area (Å²) in [5.74, 6) is 1.26. The van der Waals surface area contributed by atoms with Crippen LogP contribution < -0.4 is 5.32 Å². The summed E-state index contributed by atoms with van der Waals surface area (Å²) in [6, 6.07) is 0.203. The maximum Gasteiger partial charge on any atom is 0.348 e. The Labute approximate surface area is 120 Å². The van der Waals surface area contributed by atoms with E-state index in [9.17, 15) is 10.1 Å². The number of hydrogen-bond donors (Lipinski definition) is 1. The van der Waals surface area contributed by atoms with Gasteiger partial charge in [0.05, 0.1) is 4.92 Å². The summed E-state index contributed by atoms with van der Waals surface area (Å²) >= 11 is 7.65. The van der Waals surface area contributed by atoms with Crippen molar-refractivity contribution in [3.63, 3.8) is 0 Å². The summed E-state index contributed by atoms with van der Waals surface area (Å²) in [5.41, 5.74) is -0.240. The maximum atomic E-state index is 11.0.